The lowest BCUT2D eigenvalue weighted by molar-refractivity contribution is -0.134. The van der Waals surface area contributed by atoms with Gasteiger partial charge in [-0.1, -0.05) is 30.3 Å². The molecule has 0 aliphatic carbocycles. The molecule has 0 bridgehead atoms. The lowest BCUT2D eigenvalue weighted by Crippen LogP contribution is -2.20. The third kappa shape index (κ3) is 11.1. The highest BCUT2D eigenvalue weighted by molar-refractivity contribution is 6.05. The van der Waals surface area contributed by atoms with Gasteiger partial charge < -0.3 is 25.2 Å². The van der Waals surface area contributed by atoms with Gasteiger partial charge in [0.2, 0.25) is 5.91 Å². The van der Waals surface area contributed by atoms with Crippen molar-refractivity contribution in [1.29, 1.82) is 5.26 Å². The van der Waals surface area contributed by atoms with E-state index in [-0.39, 0.29) is 12.5 Å². The molecule has 0 unspecified atom stereocenters. The van der Waals surface area contributed by atoms with Crippen LogP contribution in [-0.2, 0) is 25.8 Å². The number of para-hydroxylation sites is 1. The summed E-state index contributed by atoms with van der Waals surface area (Å²) in [7, 11) is 3.85. The smallest absolute Gasteiger partial charge is 0.328 e. The number of hydrogen-bond donors (Lipinski definition) is 3. The highest BCUT2D eigenvalue weighted by Gasteiger charge is 2.22. The van der Waals surface area contributed by atoms with Gasteiger partial charge in [0.25, 0.3) is 0 Å². The van der Waals surface area contributed by atoms with E-state index in [0.717, 1.165) is 5.69 Å². The summed E-state index contributed by atoms with van der Waals surface area (Å²) in [6.45, 7) is 3.06. The van der Waals surface area contributed by atoms with Crippen molar-refractivity contribution >= 4 is 45.8 Å². The van der Waals surface area contributed by atoms with Crippen molar-refractivity contribution < 1.29 is 34.2 Å². The maximum absolute atomic E-state index is 12.7. The summed E-state index contributed by atoms with van der Waals surface area (Å²) in [5.74, 6) is -2.34. The first-order valence-electron chi connectivity index (χ1n) is 14.3. The number of benzene rings is 2. The number of likely N-dealkylation sites (N-methyl/N-ethyl adjacent to an activating group) is 1. The Morgan fingerprint density at radius 1 is 0.979 bits per heavy atom. The largest absolute Gasteiger partial charge is 0.492 e. The number of aromatic nitrogens is 2. The van der Waals surface area contributed by atoms with Gasteiger partial charge in [-0.05, 0) is 51.4 Å². The Morgan fingerprint density at radius 3 is 2.28 bits per heavy atom. The van der Waals surface area contributed by atoms with Crippen LogP contribution in [0.15, 0.2) is 97.4 Å². The zero-order chi connectivity index (χ0) is 34.2. The Kier molecular flexibility index (Phi) is 13.6. The topological polar surface area (TPSA) is 178 Å². The number of pyridine rings is 2. The summed E-state index contributed by atoms with van der Waals surface area (Å²) in [5.41, 5.74) is 3.27. The van der Waals surface area contributed by atoms with Gasteiger partial charge in [0.1, 0.15) is 18.4 Å². The first-order chi connectivity index (χ1) is 22.6. The van der Waals surface area contributed by atoms with E-state index >= 15 is 0 Å². The monoisotopic (exact) mass is 638 g/mol. The van der Waals surface area contributed by atoms with Crippen molar-refractivity contribution in [3.8, 4) is 11.8 Å². The number of aliphatic carboxylic acids is 2. The molecule has 4 rings (SSSR count). The van der Waals surface area contributed by atoms with E-state index in [1.54, 1.807) is 29.5 Å². The molecule has 13 nitrogen and oxygen atoms in total. The number of anilines is 3. The van der Waals surface area contributed by atoms with Crippen molar-refractivity contribution in [3.63, 3.8) is 0 Å². The Labute approximate surface area is 271 Å². The molecule has 0 aliphatic rings. The van der Waals surface area contributed by atoms with Crippen molar-refractivity contribution in [2.45, 2.75) is 13.5 Å². The molecule has 0 atom stereocenters. The average Bonchev–Trinajstić information content (AvgIpc) is 3.05. The molecule has 47 heavy (non-hydrogen) atoms. The summed E-state index contributed by atoms with van der Waals surface area (Å²) >= 11 is 0. The van der Waals surface area contributed by atoms with Gasteiger partial charge >= 0.3 is 11.9 Å². The fraction of sp³-hybridized carbons (Fsp3) is 0.176. The molecule has 2 heterocycles. The number of amides is 1. The zero-order valence-corrected chi connectivity index (χ0v) is 26.0. The third-order valence-electron chi connectivity index (χ3n) is 5.99. The van der Waals surface area contributed by atoms with Crippen molar-refractivity contribution in [1.82, 2.24) is 14.9 Å². The molecule has 242 valence electrons. The Balaban J connectivity index is 0.000000665. The summed E-state index contributed by atoms with van der Waals surface area (Å²) in [4.78, 5) is 48.9. The van der Waals surface area contributed by atoms with E-state index in [1.165, 1.54) is 12.3 Å². The second-order valence-corrected chi connectivity index (χ2v) is 9.82. The second kappa shape index (κ2) is 18.0. The minimum Gasteiger partial charge on any atom is -0.492 e. The molecule has 4 aromatic rings. The molecule has 1 amide bonds. The number of hydrogen-bond acceptors (Lipinski definition) is 10. The number of nitrogens with one attached hydrogen (secondary N) is 1. The maximum Gasteiger partial charge on any atom is 0.328 e. The molecule has 2 aromatic heterocycles. The predicted molar refractivity (Wildman–Crippen MR) is 176 cm³/mol. The van der Waals surface area contributed by atoms with Gasteiger partial charge in [0.05, 0.1) is 40.4 Å². The summed E-state index contributed by atoms with van der Waals surface area (Å²) in [5, 5.41) is 30.8. The fourth-order valence-corrected chi connectivity index (χ4v) is 4.01. The average molecular weight is 639 g/mol. The number of carboxylic acids is 2. The number of carboxylic acid groups (broad SMARTS) is 2. The zero-order valence-electron chi connectivity index (χ0n) is 26.0. The minimum absolute atomic E-state index is 0.168. The molecular formula is C34H34N6O7. The number of nitriles is 1. The molecule has 0 spiro atoms. The van der Waals surface area contributed by atoms with E-state index < -0.39 is 11.9 Å². The molecule has 0 saturated carbocycles. The SMILES string of the molecule is CCOc1cc2ncc(C#N)c(N(OCc3ccccn3)c3ccccc3)c2cc1NC(=O)/C=C/CN(C)C.O=C(O)/C=C\C(=O)O. The van der Waals surface area contributed by atoms with Crippen LogP contribution in [0, 0.1) is 11.3 Å². The first-order valence-corrected chi connectivity index (χ1v) is 14.3. The third-order valence-corrected chi connectivity index (χ3v) is 5.99. The number of ether oxygens (including phenoxy) is 1. The van der Waals surface area contributed by atoms with Crippen molar-refractivity contribution in [2.75, 3.05) is 37.6 Å². The standard InChI is InChI=1S/C30H30N6O3.C4H4O4/c1-4-38-28-18-26-25(17-27(28)34-29(37)14-10-16-35(2)3)30(22(19-31)20-33-26)36(24-12-6-5-7-13-24)39-21-23-11-8-9-15-32-23;5-3(6)1-2-4(7)8/h5-15,17-18,20H,4,16,21H2,1-3H3,(H,34,37);1-2H,(H,5,6)(H,7,8)/b14-10+;2-1-. The van der Waals surface area contributed by atoms with E-state index in [0.29, 0.717) is 64.6 Å². The minimum atomic E-state index is -1.26. The Hall–Kier alpha value is -6.10. The summed E-state index contributed by atoms with van der Waals surface area (Å²) in [6, 6.07) is 20.8. The first kappa shape index (κ1) is 35.4. The van der Waals surface area contributed by atoms with Crippen LogP contribution in [0.3, 0.4) is 0 Å². The van der Waals surface area contributed by atoms with Gasteiger partial charge in [0, 0.05) is 48.6 Å². The van der Waals surface area contributed by atoms with E-state index in [9.17, 15) is 19.6 Å². The van der Waals surface area contributed by atoms with Crippen molar-refractivity contribution in [3.05, 3.63) is 109 Å². The lowest BCUT2D eigenvalue weighted by atomic mass is 10.1. The van der Waals surface area contributed by atoms with Gasteiger partial charge in [0.15, 0.2) is 0 Å². The normalized spacial score (nSPS) is 10.8. The van der Waals surface area contributed by atoms with Crippen LogP contribution < -0.4 is 15.1 Å². The maximum atomic E-state index is 12.7. The van der Waals surface area contributed by atoms with Gasteiger partial charge in [-0.25, -0.2) is 14.7 Å². The number of fused-ring (bicyclic) bond motifs is 1. The number of nitrogens with zero attached hydrogens (tertiary/aromatic N) is 5. The molecule has 0 radical (unpaired) electrons. The molecule has 0 fully saturated rings. The van der Waals surface area contributed by atoms with Gasteiger partial charge in [-0.3, -0.25) is 19.6 Å². The molecule has 0 aliphatic heterocycles. The Morgan fingerprint density at radius 2 is 1.68 bits per heavy atom. The molecular weight excluding hydrogens is 604 g/mol. The summed E-state index contributed by atoms with van der Waals surface area (Å²) in [6.07, 6.45) is 7.59. The van der Waals surface area contributed by atoms with E-state index in [2.05, 4.69) is 21.4 Å². The Bertz CT molecular complexity index is 1760. The van der Waals surface area contributed by atoms with E-state index in [4.69, 9.17) is 19.8 Å². The van der Waals surface area contributed by atoms with Crippen LogP contribution >= 0.6 is 0 Å². The highest BCUT2D eigenvalue weighted by atomic mass is 16.7. The second-order valence-electron chi connectivity index (χ2n) is 9.82. The van der Waals surface area contributed by atoms with Crippen LogP contribution in [0.2, 0.25) is 0 Å². The molecule has 0 saturated heterocycles. The predicted octanol–water partition coefficient (Wildman–Crippen LogP) is 4.94. The lowest BCUT2D eigenvalue weighted by Gasteiger charge is -2.26. The number of carbonyl (C=O) groups excluding carboxylic acids is 1. The fourth-order valence-electron chi connectivity index (χ4n) is 4.01. The highest BCUT2D eigenvalue weighted by Crippen LogP contribution is 2.39. The molecule has 2 aromatic carbocycles. The van der Waals surface area contributed by atoms with Crippen LogP contribution in [-0.4, -0.2) is 70.2 Å². The van der Waals surface area contributed by atoms with Crippen LogP contribution in [0.25, 0.3) is 10.9 Å². The number of rotatable bonds is 13. The van der Waals surface area contributed by atoms with Crippen LogP contribution in [0.5, 0.6) is 5.75 Å². The van der Waals surface area contributed by atoms with E-state index in [1.807, 2.05) is 74.4 Å². The van der Waals surface area contributed by atoms with Gasteiger partial charge in [-0.2, -0.15) is 5.26 Å². The number of carbonyl (C=O) groups is 3. The quantitative estimate of drug-likeness (QED) is 0.133. The van der Waals surface area contributed by atoms with Crippen LogP contribution in [0.4, 0.5) is 17.1 Å². The molecule has 13 heteroatoms. The van der Waals surface area contributed by atoms with Crippen molar-refractivity contribution in [2.24, 2.45) is 0 Å². The van der Waals surface area contributed by atoms with Gasteiger partial charge in [-0.15, -0.1) is 0 Å². The molecule has 3 N–H and O–H groups in total. The summed E-state index contributed by atoms with van der Waals surface area (Å²) < 4.78 is 5.83. The van der Waals surface area contributed by atoms with Crippen LogP contribution in [0.1, 0.15) is 18.2 Å².